The highest BCUT2D eigenvalue weighted by molar-refractivity contribution is 5.96. The molecule has 1 saturated carbocycles. The zero-order valence-corrected chi connectivity index (χ0v) is 11.2. The second-order valence-electron chi connectivity index (χ2n) is 5.08. The molecular weight excluding hydrogens is 244 g/mol. The van der Waals surface area contributed by atoms with E-state index in [0.29, 0.717) is 25.1 Å². The second-order valence-corrected chi connectivity index (χ2v) is 5.08. The molecule has 104 valence electrons. The molecule has 0 atom stereocenters. The normalized spacial score (nSPS) is 17.9. The van der Waals surface area contributed by atoms with Crippen LogP contribution >= 0.6 is 0 Å². The van der Waals surface area contributed by atoms with Crippen LogP contribution in [0, 0.1) is 0 Å². The number of nitrogens with one attached hydrogen (secondary N) is 1. The largest absolute Gasteiger partial charge is 0.480 e. The Kier molecular flexibility index (Phi) is 3.93. The van der Waals surface area contributed by atoms with E-state index in [2.05, 4.69) is 5.32 Å². The molecule has 1 amide bonds. The number of hydrogen-bond acceptors (Lipinski definition) is 2. The summed E-state index contributed by atoms with van der Waals surface area (Å²) in [7, 11) is 0. The summed E-state index contributed by atoms with van der Waals surface area (Å²) in [6.45, 7) is 2.64. The van der Waals surface area contributed by atoms with E-state index in [0.717, 1.165) is 19.3 Å². The van der Waals surface area contributed by atoms with E-state index >= 15 is 0 Å². The minimum absolute atomic E-state index is 0.295. The highest BCUT2D eigenvalue weighted by Gasteiger charge is 2.41. The lowest BCUT2D eigenvalue weighted by molar-refractivity contribution is -0.145. The van der Waals surface area contributed by atoms with E-state index in [1.807, 2.05) is 17.7 Å². The number of nitrogens with zero attached hydrogens (tertiary/aromatic N) is 1. The summed E-state index contributed by atoms with van der Waals surface area (Å²) in [5, 5.41) is 12.2. The van der Waals surface area contributed by atoms with Crippen molar-refractivity contribution in [1.29, 1.82) is 0 Å². The van der Waals surface area contributed by atoms with Gasteiger partial charge in [0, 0.05) is 12.7 Å². The topological polar surface area (TPSA) is 71.3 Å². The maximum atomic E-state index is 12.3. The zero-order valence-electron chi connectivity index (χ0n) is 11.2. The molecule has 5 nitrogen and oxygen atoms in total. The van der Waals surface area contributed by atoms with Crippen LogP contribution in [-0.2, 0) is 11.3 Å². The van der Waals surface area contributed by atoms with Crippen molar-refractivity contribution in [2.24, 2.45) is 0 Å². The third-order valence-electron chi connectivity index (χ3n) is 3.87. The molecule has 1 aromatic rings. The third kappa shape index (κ3) is 2.64. The molecule has 0 saturated heterocycles. The highest BCUT2D eigenvalue weighted by Crippen LogP contribution is 2.28. The average Bonchev–Trinajstić information content (AvgIpc) is 2.88. The van der Waals surface area contributed by atoms with Crippen molar-refractivity contribution in [3.8, 4) is 0 Å². The molecule has 0 radical (unpaired) electrons. The minimum Gasteiger partial charge on any atom is -0.480 e. The summed E-state index contributed by atoms with van der Waals surface area (Å²) in [6, 6.07) is 3.52. The number of amides is 1. The van der Waals surface area contributed by atoms with E-state index in [-0.39, 0.29) is 5.91 Å². The van der Waals surface area contributed by atoms with E-state index in [9.17, 15) is 14.7 Å². The van der Waals surface area contributed by atoms with Gasteiger partial charge in [0.1, 0.15) is 11.2 Å². The van der Waals surface area contributed by atoms with Gasteiger partial charge in [-0.05, 0) is 31.9 Å². The minimum atomic E-state index is -1.09. The Morgan fingerprint density at radius 2 is 2.05 bits per heavy atom. The van der Waals surface area contributed by atoms with Gasteiger partial charge in [-0.15, -0.1) is 0 Å². The van der Waals surface area contributed by atoms with E-state index in [1.54, 1.807) is 12.1 Å². The first kappa shape index (κ1) is 13.6. The highest BCUT2D eigenvalue weighted by atomic mass is 16.4. The van der Waals surface area contributed by atoms with Gasteiger partial charge in [-0.3, -0.25) is 4.79 Å². The molecule has 1 fully saturated rings. The molecule has 1 aromatic heterocycles. The van der Waals surface area contributed by atoms with Gasteiger partial charge in [-0.25, -0.2) is 4.79 Å². The number of aromatic nitrogens is 1. The predicted octanol–water partition coefficient (Wildman–Crippen LogP) is 2.03. The standard InChI is InChI=1S/C14H20N2O3/c1-2-16-10-6-7-11(16)12(17)15-14(13(18)19)8-4-3-5-9-14/h6-7,10H,2-5,8-9H2,1H3,(H,15,17)(H,18,19). The van der Waals surface area contributed by atoms with Gasteiger partial charge in [0.2, 0.25) is 0 Å². The predicted molar refractivity (Wildman–Crippen MR) is 71.0 cm³/mol. The van der Waals surface area contributed by atoms with Gasteiger partial charge in [0.05, 0.1) is 0 Å². The van der Waals surface area contributed by atoms with Crippen LogP contribution in [0.1, 0.15) is 49.5 Å². The van der Waals surface area contributed by atoms with Crippen molar-refractivity contribution >= 4 is 11.9 Å². The summed E-state index contributed by atoms with van der Waals surface area (Å²) >= 11 is 0. The number of carboxylic acids is 1. The molecule has 2 rings (SSSR count). The summed E-state index contributed by atoms with van der Waals surface area (Å²) in [5.74, 6) is -1.22. The van der Waals surface area contributed by atoms with Crippen LogP contribution in [0.3, 0.4) is 0 Å². The quantitative estimate of drug-likeness (QED) is 0.874. The fourth-order valence-electron chi connectivity index (χ4n) is 2.72. The van der Waals surface area contributed by atoms with E-state index in [4.69, 9.17) is 0 Å². The number of hydrogen-bond donors (Lipinski definition) is 2. The maximum Gasteiger partial charge on any atom is 0.329 e. The summed E-state index contributed by atoms with van der Waals surface area (Å²) < 4.78 is 1.81. The lowest BCUT2D eigenvalue weighted by Crippen LogP contribution is -2.55. The first-order valence-electron chi connectivity index (χ1n) is 6.80. The molecular formula is C14H20N2O3. The van der Waals surface area contributed by atoms with Crippen LogP contribution < -0.4 is 5.32 Å². The van der Waals surface area contributed by atoms with Gasteiger partial charge in [0.25, 0.3) is 5.91 Å². The Morgan fingerprint density at radius 3 is 2.63 bits per heavy atom. The smallest absolute Gasteiger partial charge is 0.329 e. The molecule has 19 heavy (non-hydrogen) atoms. The monoisotopic (exact) mass is 264 g/mol. The van der Waals surface area contributed by atoms with Crippen LogP contribution in [0.2, 0.25) is 0 Å². The van der Waals surface area contributed by atoms with Crippen LogP contribution in [0.4, 0.5) is 0 Å². The Hall–Kier alpha value is -1.78. The van der Waals surface area contributed by atoms with Gasteiger partial charge < -0.3 is 15.0 Å². The van der Waals surface area contributed by atoms with Crippen molar-refractivity contribution in [3.63, 3.8) is 0 Å². The van der Waals surface area contributed by atoms with Gasteiger partial charge in [-0.2, -0.15) is 0 Å². The number of carboxylic acid groups (broad SMARTS) is 1. The molecule has 0 bridgehead atoms. The zero-order chi connectivity index (χ0) is 13.9. The van der Waals surface area contributed by atoms with Crippen LogP contribution in [0.5, 0.6) is 0 Å². The molecule has 5 heteroatoms. The number of carbonyl (C=O) groups is 2. The molecule has 1 aliphatic carbocycles. The SMILES string of the molecule is CCn1cccc1C(=O)NC1(C(=O)O)CCCCC1. The van der Waals surface area contributed by atoms with Crippen LogP contribution in [0.15, 0.2) is 18.3 Å². The Balaban J connectivity index is 2.18. The summed E-state index contributed by atoms with van der Waals surface area (Å²) in [4.78, 5) is 23.8. The van der Waals surface area contributed by atoms with Crippen molar-refractivity contribution < 1.29 is 14.7 Å². The fraction of sp³-hybridized carbons (Fsp3) is 0.571. The van der Waals surface area contributed by atoms with Crippen molar-refractivity contribution in [2.45, 2.75) is 51.1 Å². The maximum absolute atomic E-state index is 12.3. The Bertz CT molecular complexity index is 473. The lowest BCUT2D eigenvalue weighted by atomic mass is 9.81. The molecule has 0 spiro atoms. The Morgan fingerprint density at radius 1 is 1.37 bits per heavy atom. The average molecular weight is 264 g/mol. The number of aliphatic carboxylic acids is 1. The lowest BCUT2D eigenvalue weighted by Gasteiger charge is -2.34. The van der Waals surface area contributed by atoms with Crippen molar-refractivity contribution in [2.75, 3.05) is 0 Å². The van der Waals surface area contributed by atoms with Crippen molar-refractivity contribution in [1.82, 2.24) is 9.88 Å². The molecule has 1 heterocycles. The fourth-order valence-corrected chi connectivity index (χ4v) is 2.72. The molecule has 1 aliphatic rings. The van der Waals surface area contributed by atoms with Gasteiger partial charge in [-0.1, -0.05) is 19.3 Å². The Labute approximate surface area is 112 Å². The van der Waals surface area contributed by atoms with E-state index in [1.165, 1.54) is 0 Å². The number of rotatable bonds is 4. The third-order valence-corrected chi connectivity index (χ3v) is 3.87. The number of aryl methyl sites for hydroxylation is 1. The molecule has 2 N–H and O–H groups in total. The van der Waals surface area contributed by atoms with Gasteiger partial charge >= 0.3 is 5.97 Å². The van der Waals surface area contributed by atoms with Crippen LogP contribution in [-0.4, -0.2) is 27.1 Å². The second kappa shape index (κ2) is 5.47. The van der Waals surface area contributed by atoms with Gasteiger partial charge in [0.15, 0.2) is 0 Å². The molecule has 0 aromatic carbocycles. The summed E-state index contributed by atoms with van der Waals surface area (Å²) in [6.07, 6.45) is 5.59. The van der Waals surface area contributed by atoms with Crippen LogP contribution in [0.25, 0.3) is 0 Å². The first-order chi connectivity index (χ1) is 9.09. The van der Waals surface area contributed by atoms with Crippen molar-refractivity contribution in [3.05, 3.63) is 24.0 Å². The first-order valence-corrected chi connectivity index (χ1v) is 6.80. The molecule has 0 aliphatic heterocycles. The number of carbonyl (C=O) groups excluding carboxylic acids is 1. The molecule has 0 unspecified atom stereocenters. The van der Waals surface area contributed by atoms with E-state index < -0.39 is 11.5 Å². The summed E-state index contributed by atoms with van der Waals surface area (Å²) in [5.41, 5.74) is -0.563.